The predicted molar refractivity (Wildman–Crippen MR) is 52.0 cm³/mol. The number of hydrogen-bond acceptors (Lipinski definition) is 2. The number of nitrogens with two attached hydrogens (primary N) is 1. The van der Waals surface area contributed by atoms with E-state index in [2.05, 4.69) is 28.9 Å². The first-order valence-corrected chi connectivity index (χ1v) is 4.20. The first-order valence-electron chi connectivity index (χ1n) is 4.20. The summed E-state index contributed by atoms with van der Waals surface area (Å²) in [5, 5.41) is 1.19. The van der Waals surface area contributed by atoms with Crippen LogP contribution in [0.4, 0.5) is 0 Å². The molecule has 3 heteroatoms. The van der Waals surface area contributed by atoms with Crippen molar-refractivity contribution in [3.05, 3.63) is 35.5 Å². The fourth-order valence-electron chi connectivity index (χ4n) is 1.57. The zero-order valence-electron chi connectivity index (χ0n) is 7.50. The van der Waals surface area contributed by atoms with Crippen LogP contribution in [0.15, 0.2) is 24.4 Å². The SMILES string of the molecule is Cc1cccc2c(CON)c[nH]c12. The molecule has 0 fully saturated rings. The first kappa shape index (κ1) is 8.29. The first-order chi connectivity index (χ1) is 6.33. The van der Waals surface area contributed by atoms with E-state index in [1.807, 2.05) is 12.3 Å². The van der Waals surface area contributed by atoms with E-state index < -0.39 is 0 Å². The summed E-state index contributed by atoms with van der Waals surface area (Å²) in [6.45, 7) is 2.52. The van der Waals surface area contributed by atoms with Crippen LogP contribution in [0, 0.1) is 6.92 Å². The number of aromatic amines is 1. The number of rotatable bonds is 2. The Labute approximate surface area is 76.5 Å². The van der Waals surface area contributed by atoms with Gasteiger partial charge in [-0.1, -0.05) is 18.2 Å². The third kappa shape index (κ3) is 1.32. The molecule has 3 N–H and O–H groups in total. The van der Waals surface area contributed by atoms with Crippen molar-refractivity contribution in [3.8, 4) is 0 Å². The molecule has 0 saturated carbocycles. The smallest absolute Gasteiger partial charge is 0.0950 e. The van der Waals surface area contributed by atoms with E-state index >= 15 is 0 Å². The fourth-order valence-corrected chi connectivity index (χ4v) is 1.57. The Hall–Kier alpha value is -1.32. The van der Waals surface area contributed by atoms with Gasteiger partial charge in [-0.15, -0.1) is 0 Å². The van der Waals surface area contributed by atoms with Gasteiger partial charge in [0.2, 0.25) is 0 Å². The molecule has 68 valence electrons. The van der Waals surface area contributed by atoms with Gasteiger partial charge < -0.3 is 4.98 Å². The molecule has 1 aromatic heterocycles. The van der Waals surface area contributed by atoms with Crippen molar-refractivity contribution in [2.24, 2.45) is 5.90 Å². The zero-order chi connectivity index (χ0) is 9.26. The molecule has 0 bridgehead atoms. The van der Waals surface area contributed by atoms with Gasteiger partial charge in [0.25, 0.3) is 0 Å². The predicted octanol–water partition coefficient (Wildman–Crippen LogP) is 1.87. The lowest BCUT2D eigenvalue weighted by atomic mass is 10.1. The third-order valence-corrected chi connectivity index (χ3v) is 2.25. The second-order valence-corrected chi connectivity index (χ2v) is 3.12. The highest BCUT2D eigenvalue weighted by atomic mass is 16.6. The number of H-pyrrole nitrogens is 1. The molecule has 1 heterocycles. The van der Waals surface area contributed by atoms with Crippen molar-refractivity contribution in [3.63, 3.8) is 0 Å². The van der Waals surface area contributed by atoms with Gasteiger partial charge in [-0.25, -0.2) is 5.90 Å². The molecule has 2 aromatic rings. The number of nitrogens with one attached hydrogen (secondary N) is 1. The summed E-state index contributed by atoms with van der Waals surface area (Å²) in [5.74, 6) is 5.03. The lowest BCUT2D eigenvalue weighted by Gasteiger charge is -1.97. The van der Waals surface area contributed by atoms with Crippen LogP contribution in [0.2, 0.25) is 0 Å². The highest BCUT2D eigenvalue weighted by Gasteiger charge is 2.03. The molecular weight excluding hydrogens is 164 g/mol. The van der Waals surface area contributed by atoms with Crippen LogP contribution in [0.1, 0.15) is 11.1 Å². The molecule has 0 unspecified atom stereocenters. The van der Waals surface area contributed by atoms with Gasteiger partial charge in [0.1, 0.15) is 0 Å². The molecule has 13 heavy (non-hydrogen) atoms. The lowest BCUT2D eigenvalue weighted by molar-refractivity contribution is 0.125. The van der Waals surface area contributed by atoms with Gasteiger partial charge in [-0.3, -0.25) is 4.84 Å². The van der Waals surface area contributed by atoms with Gasteiger partial charge in [0.15, 0.2) is 0 Å². The van der Waals surface area contributed by atoms with Crippen LogP contribution < -0.4 is 5.90 Å². The van der Waals surface area contributed by atoms with Crippen LogP contribution in [0.25, 0.3) is 10.9 Å². The van der Waals surface area contributed by atoms with E-state index in [1.54, 1.807) is 0 Å². The van der Waals surface area contributed by atoms with Gasteiger partial charge in [-0.2, -0.15) is 0 Å². The highest BCUT2D eigenvalue weighted by Crippen LogP contribution is 2.21. The third-order valence-electron chi connectivity index (χ3n) is 2.25. The summed E-state index contributed by atoms with van der Waals surface area (Å²) in [5.41, 5.74) is 3.50. The van der Waals surface area contributed by atoms with Crippen LogP contribution in [0.5, 0.6) is 0 Å². The Kier molecular flexibility index (Phi) is 2.04. The van der Waals surface area contributed by atoms with Crippen molar-refractivity contribution in [1.29, 1.82) is 0 Å². The number of aryl methyl sites for hydroxylation is 1. The Morgan fingerprint density at radius 1 is 1.46 bits per heavy atom. The van der Waals surface area contributed by atoms with Crippen LogP contribution >= 0.6 is 0 Å². The molecule has 0 amide bonds. The maximum atomic E-state index is 5.03. The van der Waals surface area contributed by atoms with E-state index in [9.17, 15) is 0 Å². The average Bonchev–Trinajstić information content (AvgIpc) is 2.51. The quantitative estimate of drug-likeness (QED) is 0.686. The molecule has 0 aliphatic rings. The summed E-state index contributed by atoms with van der Waals surface area (Å²) in [6.07, 6.45) is 1.94. The molecule has 2 rings (SSSR count). The van der Waals surface area contributed by atoms with Crippen molar-refractivity contribution < 1.29 is 4.84 Å². The Balaban J connectivity index is 2.61. The number of hydrogen-bond donors (Lipinski definition) is 2. The lowest BCUT2D eigenvalue weighted by Crippen LogP contribution is -1.97. The zero-order valence-corrected chi connectivity index (χ0v) is 7.50. The number of fused-ring (bicyclic) bond motifs is 1. The minimum Gasteiger partial charge on any atom is -0.361 e. The van der Waals surface area contributed by atoms with E-state index in [4.69, 9.17) is 5.90 Å². The van der Waals surface area contributed by atoms with E-state index in [1.165, 1.54) is 10.9 Å². The highest BCUT2D eigenvalue weighted by molar-refractivity contribution is 5.85. The van der Waals surface area contributed by atoms with Gasteiger partial charge in [-0.05, 0) is 12.5 Å². The van der Waals surface area contributed by atoms with Crippen molar-refractivity contribution >= 4 is 10.9 Å². The van der Waals surface area contributed by atoms with Crippen molar-refractivity contribution in [1.82, 2.24) is 4.98 Å². The summed E-state index contributed by atoms with van der Waals surface area (Å²) < 4.78 is 0. The second kappa shape index (κ2) is 3.20. The minimum atomic E-state index is 0.448. The van der Waals surface area contributed by atoms with Gasteiger partial charge in [0.05, 0.1) is 6.61 Å². The summed E-state index contributed by atoms with van der Waals surface area (Å²) >= 11 is 0. The van der Waals surface area contributed by atoms with Crippen LogP contribution in [0.3, 0.4) is 0 Å². The molecule has 0 aliphatic heterocycles. The van der Waals surface area contributed by atoms with Crippen LogP contribution in [-0.4, -0.2) is 4.98 Å². The standard InChI is InChI=1S/C10H12N2O/c1-7-3-2-4-9-8(6-13-11)5-12-10(7)9/h2-5,12H,6,11H2,1H3. The maximum absolute atomic E-state index is 5.03. The Morgan fingerprint density at radius 2 is 2.31 bits per heavy atom. The minimum absolute atomic E-state index is 0.448. The molecule has 0 spiro atoms. The van der Waals surface area contributed by atoms with Crippen molar-refractivity contribution in [2.75, 3.05) is 0 Å². The number of para-hydroxylation sites is 1. The molecule has 1 aromatic carbocycles. The monoisotopic (exact) mass is 176 g/mol. The Bertz CT molecular complexity index is 420. The summed E-state index contributed by atoms with van der Waals surface area (Å²) in [7, 11) is 0. The molecule has 0 radical (unpaired) electrons. The number of benzene rings is 1. The Morgan fingerprint density at radius 3 is 3.08 bits per heavy atom. The summed E-state index contributed by atoms with van der Waals surface area (Å²) in [4.78, 5) is 7.82. The molecule has 3 nitrogen and oxygen atoms in total. The average molecular weight is 176 g/mol. The second-order valence-electron chi connectivity index (χ2n) is 3.12. The molecular formula is C10H12N2O. The molecule has 0 saturated heterocycles. The molecule has 0 aliphatic carbocycles. The summed E-state index contributed by atoms with van der Waals surface area (Å²) in [6, 6.07) is 6.17. The van der Waals surface area contributed by atoms with Crippen molar-refractivity contribution in [2.45, 2.75) is 13.5 Å². The van der Waals surface area contributed by atoms with E-state index in [0.29, 0.717) is 6.61 Å². The largest absolute Gasteiger partial charge is 0.361 e. The molecule has 0 atom stereocenters. The van der Waals surface area contributed by atoms with Gasteiger partial charge in [0, 0.05) is 22.7 Å². The van der Waals surface area contributed by atoms with E-state index in [0.717, 1.165) is 11.1 Å². The number of aromatic nitrogens is 1. The maximum Gasteiger partial charge on any atom is 0.0950 e. The van der Waals surface area contributed by atoms with E-state index in [-0.39, 0.29) is 0 Å². The van der Waals surface area contributed by atoms with Crippen LogP contribution in [-0.2, 0) is 11.4 Å². The normalized spacial score (nSPS) is 10.9. The topological polar surface area (TPSA) is 51.0 Å². The fraction of sp³-hybridized carbons (Fsp3) is 0.200. The van der Waals surface area contributed by atoms with Gasteiger partial charge >= 0.3 is 0 Å².